The van der Waals surface area contributed by atoms with Crippen molar-refractivity contribution in [3.63, 3.8) is 0 Å². The summed E-state index contributed by atoms with van der Waals surface area (Å²) in [6.45, 7) is 9.00. The molecule has 1 aromatic rings. The van der Waals surface area contributed by atoms with Crippen LogP contribution < -0.4 is 5.30 Å². The normalized spacial score (nSPS) is 16.8. The van der Waals surface area contributed by atoms with Crippen molar-refractivity contribution < 1.29 is 0 Å². The number of nitrogens with zero attached hydrogens (tertiary/aromatic N) is 1. The zero-order valence-electron chi connectivity index (χ0n) is 11.2. The molecule has 17 heavy (non-hydrogen) atoms. The maximum absolute atomic E-state index is 6.71. The van der Waals surface area contributed by atoms with Crippen LogP contribution in [-0.2, 0) is 0 Å². The first-order valence-electron chi connectivity index (χ1n) is 6.41. The van der Waals surface area contributed by atoms with Gasteiger partial charge in [0.2, 0.25) is 0 Å². The Hall–Kier alpha value is -0.100. The zero-order chi connectivity index (χ0) is 12.8. The highest BCUT2D eigenvalue weighted by Crippen LogP contribution is 2.48. The SMILES string of the molecule is CCC(C)N(C(C)CC)P(Cl)c1ccccc1. The fourth-order valence-electron chi connectivity index (χ4n) is 1.84. The van der Waals surface area contributed by atoms with Crippen molar-refractivity contribution in [3.8, 4) is 0 Å². The summed E-state index contributed by atoms with van der Waals surface area (Å²) in [6.07, 6.45) is 2.28. The Bertz CT molecular complexity index is 307. The van der Waals surface area contributed by atoms with Gasteiger partial charge in [0.05, 0.1) is 7.43 Å². The third-order valence-electron chi connectivity index (χ3n) is 3.26. The summed E-state index contributed by atoms with van der Waals surface area (Å²) in [5.74, 6) is 0. The summed E-state index contributed by atoms with van der Waals surface area (Å²) in [4.78, 5) is 0. The Morgan fingerprint density at radius 2 is 1.53 bits per heavy atom. The lowest BCUT2D eigenvalue weighted by atomic mass is 10.2. The fraction of sp³-hybridized carbons (Fsp3) is 0.571. The van der Waals surface area contributed by atoms with Crippen LogP contribution in [0, 0.1) is 0 Å². The molecule has 0 aromatic heterocycles. The van der Waals surface area contributed by atoms with Crippen molar-refractivity contribution in [1.82, 2.24) is 4.67 Å². The van der Waals surface area contributed by atoms with Crippen molar-refractivity contribution in [3.05, 3.63) is 30.3 Å². The van der Waals surface area contributed by atoms with Gasteiger partial charge in [0.25, 0.3) is 0 Å². The Balaban J connectivity index is 2.90. The molecule has 3 heteroatoms. The molecule has 1 aromatic carbocycles. The average Bonchev–Trinajstić information content (AvgIpc) is 2.39. The van der Waals surface area contributed by atoms with Crippen LogP contribution in [0.2, 0.25) is 0 Å². The van der Waals surface area contributed by atoms with E-state index in [9.17, 15) is 0 Å². The topological polar surface area (TPSA) is 3.24 Å². The van der Waals surface area contributed by atoms with Crippen LogP contribution in [0.25, 0.3) is 0 Å². The van der Waals surface area contributed by atoms with Crippen LogP contribution in [0.15, 0.2) is 30.3 Å². The lowest BCUT2D eigenvalue weighted by Crippen LogP contribution is -2.36. The van der Waals surface area contributed by atoms with Gasteiger partial charge in [-0.3, -0.25) is 4.67 Å². The van der Waals surface area contributed by atoms with Gasteiger partial charge in [0.15, 0.2) is 0 Å². The van der Waals surface area contributed by atoms with E-state index in [0.717, 1.165) is 12.8 Å². The number of rotatable bonds is 6. The Labute approximate surface area is 112 Å². The van der Waals surface area contributed by atoms with Crippen LogP contribution in [0.5, 0.6) is 0 Å². The molecule has 0 N–H and O–H groups in total. The van der Waals surface area contributed by atoms with E-state index in [4.69, 9.17) is 11.2 Å². The van der Waals surface area contributed by atoms with Gasteiger partial charge in [-0.25, -0.2) is 0 Å². The van der Waals surface area contributed by atoms with E-state index < -0.39 is 7.43 Å². The largest absolute Gasteiger partial charge is 0.261 e. The standard InChI is InChI=1S/C14H23ClNP/c1-5-12(3)16(13(4)6-2)17(15)14-10-8-7-9-11-14/h7-13H,5-6H2,1-4H3. The number of halogens is 1. The number of benzene rings is 1. The molecule has 0 spiro atoms. The maximum Gasteiger partial charge on any atom is 0.0950 e. The lowest BCUT2D eigenvalue weighted by molar-refractivity contribution is 0.283. The van der Waals surface area contributed by atoms with E-state index in [2.05, 4.69) is 56.6 Å². The maximum atomic E-state index is 6.71. The molecule has 0 fully saturated rings. The average molecular weight is 272 g/mol. The third kappa shape index (κ3) is 3.95. The molecule has 0 amide bonds. The van der Waals surface area contributed by atoms with E-state index in [1.54, 1.807) is 0 Å². The molecule has 3 unspecified atom stereocenters. The quantitative estimate of drug-likeness (QED) is 0.674. The molecule has 0 saturated heterocycles. The first-order chi connectivity index (χ1) is 8.11. The van der Waals surface area contributed by atoms with Gasteiger partial charge in [-0.05, 0) is 26.7 Å². The van der Waals surface area contributed by atoms with E-state index >= 15 is 0 Å². The van der Waals surface area contributed by atoms with E-state index in [1.165, 1.54) is 5.30 Å². The highest BCUT2D eigenvalue weighted by Gasteiger charge is 2.26. The predicted octanol–water partition coefficient (Wildman–Crippen LogP) is 4.76. The van der Waals surface area contributed by atoms with E-state index in [-0.39, 0.29) is 0 Å². The Kier molecular flexibility index (Phi) is 6.48. The van der Waals surface area contributed by atoms with Gasteiger partial charge >= 0.3 is 0 Å². The minimum Gasteiger partial charge on any atom is -0.261 e. The van der Waals surface area contributed by atoms with Gasteiger partial charge in [-0.1, -0.05) is 55.4 Å². The summed E-state index contributed by atoms with van der Waals surface area (Å²) in [7, 11) is -0.724. The molecule has 1 rings (SSSR count). The van der Waals surface area contributed by atoms with E-state index in [1.807, 2.05) is 6.07 Å². The fourth-order valence-corrected chi connectivity index (χ4v) is 4.77. The summed E-state index contributed by atoms with van der Waals surface area (Å²) in [5.41, 5.74) is 0. The molecule has 96 valence electrons. The van der Waals surface area contributed by atoms with Gasteiger partial charge < -0.3 is 0 Å². The highest BCUT2D eigenvalue weighted by molar-refractivity contribution is 7.88. The second-order valence-electron chi connectivity index (χ2n) is 4.49. The minimum absolute atomic E-state index is 0.536. The second-order valence-corrected chi connectivity index (χ2v) is 6.95. The Morgan fingerprint density at radius 1 is 1.06 bits per heavy atom. The molecule has 1 nitrogen and oxygen atoms in total. The molecule has 0 aliphatic heterocycles. The van der Waals surface area contributed by atoms with Gasteiger partial charge in [-0.15, -0.1) is 0 Å². The van der Waals surface area contributed by atoms with Crippen LogP contribution in [0.4, 0.5) is 0 Å². The summed E-state index contributed by atoms with van der Waals surface area (Å²) in [5, 5.41) is 1.25. The molecule has 0 aliphatic carbocycles. The monoisotopic (exact) mass is 271 g/mol. The van der Waals surface area contributed by atoms with Crippen LogP contribution in [0.3, 0.4) is 0 Å². The third-order valence-corrected chi connectivity index (χ3v) is 6.28. The minimum atomic E-state index is -0.724. The van der Waals surface area contributed by atoms with E-state index in [0.29, 0.717) is 12.1 Å². The second kappa shape index (κ2) is 7.36. The van der Waals surface area contributed by atoms with Gasteiger partial charge in [0, 0.05) is 17.4 Å². The molecule has 0 bridgehead atoms. The number of hydrogen-bond acceptors (Lipinski definition) is 1. The first-order valence-corrected chi connectivity index (χ1v) is 8.60. The molecular weight excluding hydrogens is 249 g/mol. The summed E-state index contributed by atoms with van der Waals surface area (Å²) >= 11 is 6.71. The molecule has 0 saturated carbocycles. The first kappa shape index (κ1) is 15.0. The highest BCUT2D eigenvalue weighted by atomic mass is 35.7. The number of hydrogen-bond donors (Lipinski definition) is 0. The van der Waals surface area contributed by atoms with Crippen molar-refractivity contribution in [1.29, 1.82) is 0 Å². The van der Waals surface area contributed by atoms with Crippen molar-refractivity contribution in [2.24, 2.45) is 0 Å². The molecular formula is C14H23ClNP. The lowest BCUT2D eigenvalue weighted by Gasteiger charge is -2.37. The molecule has 0 radical (unpaired) electrons. The summed E-state index contributed by atoms with van der Waals surface area (Å²) in [6, 6.07) is 11.5. The van der Waals surface area contributed by atoms with Gasteiger partial charge in [-0.2, -0.15) is 0 Å². The van der Waals surface area contributed by atoms with Crippen molar-refractivity contribution in [2.45, 2.75) is 52.6 Å². The molecule has 0 aliphatic rings. The van der Waals surface area contributed by atoms with Crippen molar-refractivity contribution in [2.75, 3.05) is 0 Å². The van der Waals surface area contributed by atoms with Crippen molar-refractivity contribution >= 4 is 24.0 Å². The Morgan fingerprint density at radius 3 is 1.94 bits per heavy atom. The predicted molar refractivity (Wildman–Crippen MR) is 80.2 cm³/mol. The zero-order valence-corrected chi connectivity index (χ0v) is 12.9. The van der Waals surface area contributed by atoms with Crippen LogP contribution >= 0.6 is 18.7 Å². The van der Waals surface area contributed by atoms with Crippen LogP contribution in [-0.4, -0.2) is 16.8 Å². The molecule has 3 atom stereocenters. The molecule has 0 heterocycles. The van der Waals surface area contributed by atoms with Crippen LogP contribution in [0.1, 0.15) is 40.5 Å². The smallest absolute Gasteiger partial charge is 0.0950 e. The van der Waals surface area contributed by atoms with Gasteiger partial charge in [0.1, 0.15) is 0 Å². The summed E-state index contributed by atoms with van der Waals surface area (Å²) < 4.78 is 2.48.